The van der Waals surface area contributed by atoms with Gasteiger partial charge in [0.2, 0.25) is 11.8 Å². The summed E-state index contributed by atoms with van der Waals surface area (Å²) in [6.07, 6.45) is 9.05. The lowest BCUT2D eigenvalue weighted by atomic mass is 10.1. The minimum Gasteiger partial charge on any atom is -0.471 e. The molecule has 2 atom stereocenters. The normalized spacial score (nSPS) is 24.1. The summed E-state index contributed by atoms with van der Waals surface area (Å²) in [5.41, 5.74) is 0. The van der Waals surface area contributed by atoms with Crippen LogP contribution in [-0.4, -0.2) is 51.2 Å². The molecule has 24 heavy (non-hydrogen) atoms. The zero-order valence-electron chi connectivity index (χ0n) is 13.9. The van der Waals surface area contributed by atoms with E-state index in [1.165, 1.54) is 18.6 Å². The van der Waals surface area contributed by atoms with Gasteiger partial charge in [-0.1, -0.05) is 28.0 Å². The molecule has 5 nitrogen and oxygen atoms in total. The second kappa shape index (κ2) is 9.51. The Balaban J connectivity index is 1.36. The smallest absolute Gasteiger partial charge is 0.233 e. The summed E-state index contributed by atoms with van der Waals surface area (Å²) in [6, 6.07) is 3.63. The van der Waals surface area contributed by atoms with Crippen molar-refractivity contribution in [2.24, 2.45) is 0 Å². The van der Waals surface area contributed by atoms with Crippen LogP contribution in [0.5, 0.6) is 5.88 Å². The van der Waals surface area contributed by atoms with Gasteiger partial charge in [-0.05, 0) is 38.2 Å². The zero-order valence-corrected chi connectivity index (χ0v) is 15.6. The van der Waals surface area contributed by atoms with E-state index in [1.807, 2.05) is 38.6 Å². The van der Waals surface area contributed by atoms with Gasteiger partial charge in [-0.3, -0.25) is 4.79 Å². The molecule has 2 saturated heterocycles. The van der Waals surface area contributed by atoms with Crippen molar-refractivity contribution in [2.75, 3.05) is 18.8 Å². The summed E-state index contributed by atoms with van der Waals surface area (Å²) in [5, 5.41) is 8.60. The molecule has 0 aromatic carbocycles. The lowest BCUT2D eigenvalue weighted by Crippen LogP contribution is -2.44. The second-order valence-corrected chi connectivity index (χ2v) is 9.15. The van der Waals surface area contributed by atoms with Gasteiger partial charge in [0.05, 0.1) is 6.54 Å². The van der Waals surface area contributed by atoms with E-state index >= 15 is 0 Å². The van der Waals surface area contributed by atoms with E-state index in [-0.39, 0.29) is 12.0 Å². The summed E-state index contributed by atoms with van der Waals surface area (Å²) in [6.45, 7) is 1.53. The van der Waals surface area contributed by atoms with Crippen LogP contribution in [-0.2, 0) is 4.79 Å². The highest BCUT2D eigenvalue weighted by Gasteiger charge is 2.25. The monoisotopic (exact) mass is 367 g/mol. The summed E-state index contributed by atoms with van der Waals surface area (Å²) in [5.74, 6) is 2.11. The lowest BCUT2D eigenvalue weighted by Gasteiger charge is -2.32. The molecule has 2 aliphatic heterocycles. The lowest BCUT2D eigenvalue weighted by molar-refractivity contribution is -0.134. The predicted octanol–water partition coefficient (Wildman–Crippen LogP) is 3.56. The van der Waals surface area contributed by atoms with Crippen molar-refractivity contribution in [3.63, 3.8) is 0 Å². The molecule has 2 fully saturated rings. The fourth-order valence-electron chi connectivity index (χ4n) is 3.15. The summed E-state index contributed by atoms with van der Waals surface area (Å²) >= 11 is 0. The number of aromatic nitrogens is 2. The van der Waals surface area contributed by atoms with Crippen molar-refractivity contribution in [1.82, 2.24) is 15.1 Å². The van der Waals surface area contributed by atoms with Gasteiger partial charge in [-0.2, -0.15) is 5.10 Å². The molecule has 0 spiro atoms. The molecule has 2 unspecified atom stereocenters. The number of carbonyl (C=O) groups is 1. The third-order valence-electron chi connectivity index (χ3n) is 4.46. The van der Waals surface area contributed by atoms with Crippen LogP contribution in [0.3, 0.4) is 0 Å². The van der Waals surface area contributed by atoms with Crippen molar-refractivity contribution in [1.29, 1.82) is 0 Å². The van der Waals surface area contributed by atoms with E-state index in [9.17, 15) is 4.79 Å². The molecule has 7 heteroatoms. The molecule has 1 amide bonds. The van der Waals surface area contributed by atoms with Crippen LogP contribution in [0.1, 0.15) is 44.9 Å². The van der Waals surface area contributed by atoms with E-state index in [0.29, 0.717) is 18.8 Å². The minimum atomic E-state index is 0.0336. The van der Waals surface area contributed by atoms with Crippen LogP contribution in [0.4, 0.5) is 0 Å². The van der Waals surface area contributed by atoms with Crippen molar-refractivity contribution in [2.45, 2.75) is 56.3 Å². The molecule has 1 aromatic heterocycles. The Morgan fingerprint density at radius 3 is 3.12 bits per heavy atom. The van der Waals surface area contributed by atoms with Gasteiger partial charge in [-0.25, -0.2) is 0 Å². The first kappa shape index (κ1) is 17.9. The molecular formula is C17H25N3O2S2. The topological polar surface area (TPSA) is 55.3 Å². The maximum Gasteiger partial charge on any atom is 0.233 e. The number of unbranched alkanes of at least 4 members (excludes halogenated alkanes) is 1. The molecule has 0 radical (unpaired) electrons. The van der Waals surface area contributed by atoms with Crippen molar-refractivity contribution in [3.05, 3.63) is 18.3 Å². The second-order valence-electron chi connectivity index (χ2n) is 6.36. The summed E-state index contributed by atoms with van der Waals surface area (Å²) in [4.78, 5) is 14.4. The van der Waals surface area contributed by atoms with Crippen molar-refractivity contribution in [3.8, 4) is 5.88 Å². The van der Waals surface area contributed by atoms with Crippen LogP contribution in [0.15, 0.2) is 18.3 Å². The quantitative estimate of drug-likeness (QED) is 0.542. The largest absolute Gasteiger partial charge is 0.471 e. The number of carbonyl (C=O) groups excluding carboxylic acids is 1. The third-order valence-corrected chi connectivity index (χ3v) is 7.47. The van der Waals surface area contributed by atoms with Gasteiger partial charge < -0.3 is 9.64 Å². The van der Waals surface area contributed by atoms with Crippen LogP contribution >= 0.6 is 21.6 Å². The fourth-order valence-corrected chi connectivity index (χ4v) is 6.18. The first-order valence-electron chi connectivity index (χ1n) is 8.81. The number of amides is 1. The number of piperidine rings is 1. The molecule has 0 aliphatic carbocycles. The summed E-state index contributed by atoms with van der Waals surface area (Å²) in [7, 11) is 4.01. The van der Waals surface area contributed by atoms with Gasteiger partial charge in [0.15, 0.2) is 0 Å². The molecule has 0 N–H and O–H groups in total. The molecular weight excluding hydrogens is 342 g/mol. The third kappa shape index (κ3) is 5.55. The first-order valence-corrected chi connectivity index (χ1v) is 11.2. The van der Waals surface area contributed by atoms with Crippen LogP contribution in [0, 0.1) is 0 Å². The van der Waals surface area contributed by atoms with E-state index in [2.05, 4.69) is 10.2 Å². The molecule has 3 heterocycles. The maximum absolute atomic E-state index is 12.4. The van der Waals surface area contributed by atoms with E-state index < -0.39 is 0 Å². The summed E-state index contributed by atoms with van der Waals surface area (Å²) < 4.78 is 5.86. The Morgan fingerprint density at radius 2 is 2.33 bits per heavy atom. The van der Waals surface area contributed by atoms with Gasteiger partial charge in [0, 0.05) is 36.2 Å². The van der Waals surface area contributed by atoms with Crippen molar-refractivity contribution >= 4 is 27.5 Å². The SMILES string of the molecule is O=C(CCCCC1CCSS1)N1CCCC(Oc2cccnn2)C1. The van der Waals surface area contributed by atoms with Gasteiger partial charge >= 0.3 is 0 Å². The number of hydrogen-bond acceptors (Lipinski definition) is 6. The van der Waals surface area contributed by atoms with Gasteiger partial charge in [-0.15, -0.1) is 5.10 Å². The van der Waals surface area contributed by atoms with Gasteiger partial charge in [0.25, 0.3) is 0 Å². The number of nitrogens with zero attached hydrogens (tertiary/aromatic N) is 3. The minimum absolute atomic E-state index is 0.0336. The van der Waals surface area contributed by atoms with E-state index in [4.69, 9.17) is 4.74 Å². The fraction of sp³-hybridized carbons (Fsp3) is 0.706. The molecule has 0 bridgehead atoms. The Kier molecular flexibility index (Phi) is 7.08. The molecule has 132 valence electrons. The Hall–Kier alpha value is -0.950. The Bertz CT molecular complexity index is 512. The standard InChI is InChI=1S/C17H25N3O2S2/c21-17(8-2-1-6-15-9-12-23-24-15)20-11-4-5-14(13-20)22-16-7-3-10-18-19-16/h3,7,10,14-15H,1-2,4-6,8-9,11-13H2. The van der Waals surface area contributed by atoms with Crippen LogP contribution in [0.2, 0.25) is 0 Å². The Labute approximate surface area is 151 Å². The number of rotatable bonds is 7. The van der Waals surface area contributed by atoms with Gasteiger partial charge in [0.1, 0.15) is 6.10 Å². The van der Waals surface area contributed by atoms with E-state index in [0.717, 1.165) is 37.5 Å². The maximum atomic E-state index is 12.4. The number of likely N-dealkylation sites (tertiary alicyclic amines) is 1. The molecule has 2 aliphatic rings. The highest BCUT2D eigenvalue weighted by Crippen LogP contribution is 2.39. The number of ether oxygens (including phenoxy) is 1. The highest BCUT2D eigenvalue weighted by atomic mass is 33.1. The predicted molar refractivity (Wildman–Crippen MR) is 99.2 cm³/mol. The van der Waals surface area contributed by atoms with Crippen LogP contribution in [0.25, 0.3) is 0 Å². The molecule has 0 saturated carbocycles. The van der Waals surface area contributed by atoms with Crippen molar-refractivity contribution < 1.29 is 9.53 Å². The average Bonchev–Trinajstić information content (AvgIpc) is 3.13. The average molecular weight is 368 g/mol. The zero-order chi connectivity index (χ0) is 16.6. The molecule has 3 rings (SSSR count). The molecule has 1 aromatic rings. The van der Waals surface area contributed by atoms with E-state index in [1.54, 1.807) is 6.20 Å². The van der Waals surface area contributed by atoms with Crippen LogP contribution < -0.4 is 4.74 Å². The first-order chi connectivity index (χ1) is 11.8. The Morgan fingerprint density at radius 1 is 1.38 bits per heavy atom. The number of hydrogen-bond donors (Lipinski definition) is 0. The highest BCUT2D eigenvalue weighted by molar-refractivity contribution is 8.77.